The summed E-state index contributed by atoms with van der Waals surface area (Å²) in [6.07, 6.45) is 0.686. The Morgan fingerprint density at radius 3 is 2.72 bits per heavy atom. The summed E-state index contributed by atoms with van der Waals surface area (Å²) in [4.78, 5) is 17.1. The van der Waals surface area contributed by atoms with Crippen LogP contribution in [-0.4, -0.2) is 30.1 Å². The molecule has 3 aromatic rings. The Bertz CT molecular complexity index is 1060. The molecule has 0 unspecified atom stereocenters. The molecule has 0 amide bonds. The fraction of sp³-hybridized carbons (Fsp3) is 0.227. The fourth-order valence-electron chi connectivity index (χ4n) is 3.00. The molecule has 0 fully saturated rings. The van der Waals surface area contributed by atoms with Crippen LogP contribution < -0.4 is 10.1 Å². The maximum Gasteiger partial charge on any atom is 0.178 e. The lowest BCUT2D eigenvalue weighted by Gasteiger charge is -2.15. The van der Waals surface area contributed by atoms with Crippen LogP contribution >= 0.6 is 11.3 Å². The number of rotatable bonds is 8. The molecule has 2 aromatic carbocycles. The zero-order valence-electron chi connectivity index (χ0n) is 16.5. The number of nitrogens with zero attached hydrogens (tertiary/aromatic N) is 1. The van der Waals surface area contributed by atoms with Crippen LogP contribution in [0.2, 0.25) is 0 Å². The van der Waals surface area contributed by atoms with Crippen molar-refractivity contribution >= 4 is 28.5 Å². The largest absolute Gasteiger partial charge is 0.492 e. The number of aryl methyl sites for hydroxylation is 1. The highest BCUT2D eigenvalue weighted by molar-refractivity contribution is 7.09. The van der Waals surface area contributed by atoms with Crippen molar-refractivity contribution in [3.05, 3.63) is 63.9 Å². The second kappa shape index (κ2) is 8.96. The maximum absolute atomic E-state index is 13.9. The first-order valence-corrected chi connectivity index (χ1v) is 10.0. The van der Waals surface area contributed by atoms with Crippen LogP contribution in [-0.2, 0) is 11.2 Å². The molecule has 1 aromatic heterocycles. The number of hydrogen-bond donors (Lipinski definition) is 2. The van der Waals surface area contributed by atoms with Crippen molar-refractivity contribution in [3.63, 3.8) is 0 Å². The van der Waals surface area contributed by atoms with Crippen LogP contribution in [0.5, 0.6) is 5.75 Å². The van der Waals surface area contributed by atoms with Gasteiger partial charge in [-0.05, 0) is 36.8 Å². The third-order valence-corrected chi connectivity index (χ3v) is 5.59. The summed E-state index contributed by atoms with van der Waals surface area (Å²) in [5.74, 6) is -0.292. The summed E-state index contributed by atoms with van der Waals surface area (Å²) in [6.45, 7) is 3.71. The molecular formula is C22H22FN3O2S. The molecule has 2 N–H and O–H groups in total. The van der Waals surface area contributed by atoms with E-state index >= 15 is 0 Å². The standard InChI is InChI=1S/C22H22FN3O2S/c1-13-21(29-12-26-13)8-9-28-20-11-16(23)5-6-17(20)15-4-7-19(25-3)18(10-15)22(24)14(2)27/h4-7,10-12,24-25H,8-9H2,1-3H3. The Labute approximate surface area is 173 Å². The van der Waals surface area contributed by atoms with Crippen LogP contribution in [0.4, 0.5) is 10.1 Å². The van der Waals surface area contributed by atoms with Gasteiger partial charge in [-0.1, -0.05) is 6.07 Å². The van der Waals surface area contributed by atoms with Crippen molar-refractivity contribution < 1.29 is 13.9 Å². The third-order valence-electron chi connectivity index (χ3n) is 4.60. The lowest BCUT2D eigenvalue weighted by Crippen LogP contribution is -2.12. The van der Waals surface area contributed by atoms with Crippen LogP contribution in [0.25, 0.3) is 11.1 Å². The SMILES string of the molecule is CNc1ccc(-c2ccc(F)cc2OCCc2scnc2C)cc1C(=N)C(C)=O. The number of thiazole rings is 1. The molecule has 0 radical (unpaired) electrons. The molecule has 0 spiro atoms. The average molecular weight is 412 g/mol. The smallest absolute Gasteiger partial charge is 0.178 e. The van der Waals surface area contributed by atoms with Crippen molar-refractivity contribution in [2.24, 2.45) is 0 Å². The first-order chi connectivity index (χ1) is 13.9. The van der Waals surface area contributed by atoms with E-state index in [4.69, 9.17) is 10.1 Å². The van der Waals surface area contributed by atoms with E-state index < -0.39 is 0 Å². The molecule has 1 heterocycles. The van der Waals surface area contributed by atoms with E-state index in [1.807, 2.05) is 13.0 Å². The van der Waals surface area contributed by atoms with Crippen molar-refractivity contribution in [3.8, 4) is 16.9 Å². The Kier molecular flexibility index (Phi) is 6.39. The van der Waals surface area contributed by atoms with Gasteiger partial charge in [0.25, 0.3) is 0 Å². The number of ether oxygens (including phenoxy) is 1. The van der Waals surface area contributed by atoms with E-state index in [-0.39, 0.29) is 17.3 Å². The molecule has 0 saturated carbocycles. The number of carbonyl (C=O) groups excluding carboxylic acids is 1. The lowest BCUT2D eigenvalue weighted by atomic mass is 9.97. The zero-order chi connectivity index (χ0) is 21.0. The van der Waals surface area contributed by atoms with Gasteiger partial charge in [-0.2, -0.15) is 0 Å². The van der Waals surface area contributed by atoms with Crippen molar-refractivity contribution in [2.45, 2.75) is 20.3 Å². The van der Waals surface area contributed by atoms with Crippen LogP contribution in [0, 0.1) is 18.2 Å². The van der Waals surface area contributed by atoms with Crippen LogP contribution in [0.15, 0.2) is 41.9 Å². The number of benzene rings is 2. The molecule has 0 aliphatic carbocycles. The van der Waals surface area contributed by atoms with Gasteiger partial charge in [0, 0.05) is 48.2 Å². The maximum atomic E-state index is 13.9. The normalized spacial score (nSPS) is 10.6. The van der Waals surface area contributed by atoms with Gasteiger partial charge in [0.2, 0.25) is 0 Å². The number of hydrogen-bond acceptors (Lipinski definition) is 6. The summed E-state index contributed by atoms with van der Waals surface area (Å²) in [7, 11) is 1.74. The topological polar surface area (TPSA) is 75.1 Å². The Morgan fingerprint density at radius 2 is 2.07 bits per heavy atom. The van der Waals surface area contributed by atoms with Gasteiger partial charge in [-0.25, -0.2) is 9.37 Å². The highest BCUT2D eigenvalue weighted by atomic mass is 32.1. The highest BCUT2D eigenvalue weighted by Crippen LogP contribution is 2.33. The lowest BCUT2D eigenvalue weighted by molar-refractivity contribution is -0.111. The summed E-state index contributed by atoms with van der Waals surface area (Å²) < 4.78 is 19.8. The number of anilines is 1. The molecule has 0 aliphatic rings. The molecule has 7 heteroatoms. The van der Waals surface area contributed by atoms with Gasteiger partial charge < -0.3 is 10.1 Å². The van der Waals surface area contributed by atoms with E-state index in [2.05, 4.69) is 10.3 Å². The molecule has 150 valence electrons. The molecular weight excluding hydrogens is 389 g/mol. The van der Waals surface area contributed by atoms with Crippen LogP contribution in [0.3, 0.4) is 0 Å². The quantitative estimate of drug-likeness (QED) is 0.518. The second-order valence-electron chi connectivity index (χ2n) is 6.54. The Morgan fingerprint density at radius 1 is 1.28 bits per heavy atom. The minimum atomic E-state index is -0.388. The molecule has 0 aliphatic heterocycles. The monoisotopic (exact) mass is 411 g/mol. The number of halogens is 1. The van der Waals surface area contributed by atoms with Gasteiger partial charge in [-0.3, -0.25) is 10.2 Å². The summed E-state index contributed by atoms with van der Waals surface area (Å²) >= 11 is 1.57. The Balaban J connectivity index is 1.92. The highest BCUT2D eigenvalue weighted by Gasteiger charge is 2.15. The number of ketones is 1. The first-order valence-electron chi connectivity index (χ1n) is 9.14. The van der Waals surface area contributed by atoms with E-state index in [0.717, 1.165) is 16.1 Å². The van der Waals surface area contributed by atoms with Gasteiger partial charge in [0.05, 0.1) is 17.8 Å². The van der Waals surface area contributed by atoms with Gasteiger partial charge in [0.15, 0.2) is 5.78 Å². The molecule has 29 heavy (non-hydrogen) atoms. The summed E-state index contributed by atoms with van der Waals surface area (Å²) in [6, 6.07) is 9.79. The van der Waals surface area contributed by atoms with E-state index in [9.17, 15) is 9.18 Å². The number of aromatic nitrogens is 1. The first kappa shape index (κ1) is 20.7. The molecule has 0 atom stereocenters. The van der Waals surface area contributed by atoms with Crippen molar-refractivity contribution in [1.29, 1.82) is 5.41 Å². The van der Waals surface area contributed by atoms with Crippen molar-refractivity contribution in [1.82, 2.24) is 4.98 Å². The van der Waals surface area contributed by atoms with Gasteiger partial charge in [0.1, 0.15) is 17.3 Å². The zero-order valence-corrected chi connectivity index (χ0v) is 17.3. The number of Topliss-reactive ketones (excluding diaryl/α,β-unsaturated/α-hetero) is 1. The molecule has 0 saturated heterocycles. The fourth-order valence-corrected chi connectivity index (χ4v) is 3.76. The summed E-state index contributed by atoms with van der Waals surface area (Å²) in [5.41, 5.74) is 5.32. The average Bonchev–Trinajstić information content (AvgIpc) is 3.12. The number of carbonyl (C=O) groups is 1. The minimum absolute atomic E-state index is 0.0820. The summed E-state index contributed by atoms with van der Waals surface area (Å²) in [5, 5.41) is 11.1. The van der Waals surface area contributed by atoms with Gasteiger partial charge in [-0.15, -0.1) is 11.3 Å². The molecule has 5 nitrogen and oxygen atoms in total. The predicted molar refractivity (Wildman–Crippen MR) is 115 cm³/mol. The Hall–Kier alpha value is -3.06. The van der Waals surface area contributed by atoms with Gasteiger partial charge >= 0.3 is 0 Å². The predicted octanol–water partition coefficient (Wildman–Crippen LogP) is 4.88. The van der Waals surface area contributed by atoms with Crippen LogP contribution in [0.1, 0.15) is 23.1 Å². The minimum Gasteiger partial charge on any atom is -0.492 e. The third kappa shape index (κ3) is 4.68. The van der Waals surface area contributed by atoms with E-state index in [1.54, 1.807) is 42.1 Å². The second-order valence-corrected chi connectivity index (χ2v) is 7.48. The molecule has 0 bridgehead atoms. The van der Waals surface area contributed by atoms with E-state index in [1.165, 1.54) is 19.1 Å². The van der Waals surface area contributed by atoms with Crippen molar-refractivity contribution in [2.75, 3.05) is 19.0 Å². The molecule has 3 rings (SSSR count). The van der Waals surface area contributed by atoms with E-state index in [0.29, 0.717) is 35.6 Å². The number of nitrogens with one attached hydrogen (secondary N) is 2.